The molecular weight excluding hydrogens is 260 g/mol. The quantitative estimate of drug-likeness (QED) is 0.433. The molecule has 0 spiro atoms. The number of carbonyl (C=O) groups is 3. The molecule has 1 aliphatic rings. The zero-order valence-electron chi connectivity index (χ0n) is 11.3. The molecule has 1 rings (SSSR count). The molecule has 0 aromatic carbocycles. The van der Waals surface area contributed by atoms with Crippen LogP contribution in [0.4, 0.5) is 0 Å². The molecule has 0 radical (unpaired) electrons. The highest BCUT2D eigenvalue weighted by atomic mass is 16.4. The summed E-state index contributed by atoms with van der Waals surface area (Å²) in [6.45, 7) is 0.304. The van der Waals surface area contributed by atoms with Gasteiger partial charge in [0.15, 0.2) is 0 Å². The summed E-state index contributed by atoms with van der Waals surface area (Å²) < 4.78 is 0. The van der Waals surface area contributed by atoms with E-state index in [9.17, 15) is 14.4 Å². The van der Waals surface area contributed by atoms with Gasteiger partial charge in [0.1, 0.15) is 0 Å². The fourth-order valence-corrected chi connectivity index (χ4v) is 1.96. The Labute approximate surface area is 117 Å². The summed E-state index contributed by atoms with van der Waals surface area (Å²) in [6.07, 6.45) is 8.77. The van der Waals surface area contributed by atoms with Gasteiger partial charge in [-0.15, -0.1) is 0 Å². The number of nitrogens with one attached hydrogen (secondary N) is 2. The van der Waals surface area contributed by atoms with Crippen molar-refractivity contribution >= 4 is 18.3 Å². The second-order valence-corrected chi connectivity index (χ2v) is 4.64. The molecule has 6 heteroatoms. The fourth-order valence-electron chi connectivity index (χ4n) is 1.96. The van der Waals surface area contributed by atoms with E-state index in [1.165, 1.54) is 0 Å². The van der Waals surface area contributed by atoms with Gasteiger partial charge in [0.2, 0.25) is 12.3 Å². The molecule has 110 valence electrons. The van der Waals surface area contributed by atoms with Crippen LogP contribution in [0.15, 0.2) is 23.9 Å². The molecule has 20 heavy (non-hydrogen) atoms. The van der Waals surface area contributed by atoms with Crippen molar-refractivity contribution in [2.75, 3.05) is 6.54 Å². The van der Waals surface area contributed by atoms with E-state index in [2.05, 4.69) is 10.6 Å². The number of carboxylic acids is 1. The monoisotopic (exact) mass is 280 g/mol. The summed E-state index contributed by atoms with van der Waals surface area (Å²) in [5.74, 6) is -1.72. The smallest absolute Gasteiger partial charge is 0.306 e. The standard InChI is InChI=1S/C14H20N2O4/c17-10-15-9-8-11(14(19)20)6-7-13(18)16-12-4-2-1-3-5-12/h1-2,4,10-11H,3,5-9H2,(H,15,17)(H,16,18)(H,19,20). The number of aliphatic carboxylic acids is 1. The first kappa shape index (κ1) is 15.9. The van der Waals surface area contributed by atoms with Crippen LogP contribution >= 0.6 is 0 Å². The largest absolute Gasteiger partial charge is 0.481 e. The molecule has 1 aliphatic carbocycles. The molecule has 0 bridgehead atoms. The molecular formula is C14H20N2O4. The summed E-state index contributed by atoms with van der Waals surface area (Å²) in [5, 5.41) is 14.3. The SMILES string of the molecule is O=CNCCC(CCC(=O)NC1=CC=CCC1)C(=O)O. The lowest BCUT2D eigenvalue weighted by Crippen LogP contribution is -2.26. The van der Waals surface area contributed by atoms with E-state index in [0.29, 0.717) is 19.4 Å². The van der Waals surface area contributed by atoms with Crippen LogP contribution in [0, 0.1) is 5.92 Å². The third-order valence-electron chi connectivity index (χ3n) is 3.10. The van der Waals surface area contributed by atoms with E-state index < -0.39 is 11.9 Å². The number of amides is 2. The van der Waals surface area contributed by atoms with Crippen molar-refractivity contribution < 1.29 is 19.5 Å². The molecule has 0 aromatic heterocycles. The zero-order chi connectivity index (χ0) is 14.8. The number of carboxylic acid groups (broad SMARTS) is 1. The van der Waals surface area contributed by atoms with E-state index >= 15 is 0 Å². The Kier molecular flexibility index (Phi) is 7.10. The van der Waals surface area contributed by atoms with Gasteiger partial charge in [-0.25, -0.2) is 0 Å². The van der Waals surface area contributed by atoms with Gasteiger partial charge in [0, 0.05) is 18.7 Å². The lowest BCUT2D eigenvalue weighted by atomic mass is 9.99. The van der Waals surface area contributed by atoms with Crippen molar-refractivity contribution in [1.29, 1.82) is 0 Å². The van der Waals surface area contributed by atoms with Gasteiger partial charge >= 0.3 is 5.97 Å². The third-order valence-corrected chi connectivity index (χ3v) is 3.10. The summed E-state index contributed by atoms with van der Waals surface area (Å²) in [6, 6.07) is 0. The van der Waals surface area contributed by atoms with Gasteiger partial charge in [0.05, 0.1) is 5.92 Å². The zero-order valence-corrected chi connectivity index (χ0v) is 11.3. The minimum absolute atomic E-state index is 0.166. The van der Waals surface area contributed by atoms with Gasteiger partial charge < -0.3 is 15.7 Å². The summed E-state index contributed by atoms with van der Waals surface area (Å²) in [5.41, 5.74) is 0.868. The van der Waals surface area contributed by atoms with Crippen molar-refractivity contribution in [1.82, 2.24) is 10.6 Å². The number of allylic oxidation sites excluding steroid dienone is 4. The molecule has 6 nitrogen and oxygen atoms in total. The maximum atomic E-state index is 11.7. The van der Waals surface area contributed by atoms with Crippen LogP contribution in [0.25, 0.3) is 0 Å². The first-order valence-electron chi connectivity index (χ1n) is 6.69. The highest BCUT2D eigenvalue weighted by molar-refractivity contribution is 5.79. The maximum absolute atomic E-state index is 11.7. The Hall–Kier alpha value is -2.11. The maximum Gasteiger partial charge on any atom is 0.306 e. The Morgan fingerprint density at radius 1 is 1.40 bits per heavy atom. The lowest BCUT2D eigenvalue weighted by Gasteiger charge is -2.13. The van der Waals surface area contributed by atoms with Crippen molar-refractivity contribution in [3.05, 3.63) is 23.9 Å². The van der Waals surface area contributed by atoms with Crippen molar-refractivity contribution in [3.63, 3.8) is 0 Å². The predicted octanol–water partition coefficient (Wildman–Crippen LogP) is 0.954. The van der Waals surface area contributed by atoms with E-state index in [0.717, 1.165) is 18.5 Å². The Balaban J connectivity index is 2.32. The number of hydrogen-bond donors (Lipinski definition) is 3. The topological polar surface area (TPSA) is 95.5 Å². The van der Waals surface area contributed by atoms with Crippen LogP contribution in [0.3, 0.4) is 0 Å². The normalized spacial score (nSPS) is 15.1. The van der Waals surface area contributed by atoms with Gasteiger partial charge in [0.25, 0.3) is 0 Å². The Bertz CT molecular complexity index is 415. The number of carbonyl (C=O) groups excluding carboxylic acids is 2. The Morgan fingerprint density at radius 3 is 2.80 bits per heavy atom. The van der Waals surface area contributed by atoms with Gasteiger partial charge in [-0.3, -0.25) is 14.4 Å². The van der Waals surface area contributed by atoms with E-state index in [-0.39, 0.29) is 18.7 Å². The molecule has 1 atom stereocenters. The van der Waals surface area contributed by atoms with Crippen LogP contribution in [-0.4, -0.2) is 29.9 Å². The molecule has 0 heterocycles. The first-order chi connectivity index (χ1) is 9.63. The number of hydrogen-bond acceptors (Lipinski definition) is 3. The van der Waals surface area contributed by atoms with Crippen molar-refractivity contribution in [2.45, 2.75) is 32.1 Å². The summed E-state index contributed by atoms with van der Waals surface area (Å²) >= 11 is 0. The van der Waals surface area contributed by atoms with Crippen LogP contribution < -0.4 is 10.6 Å². The van der Waals surface area contributed by atoms with Gasteiger partial charge in [-0.1, -0.05) is 12.2 Å². The van der Waals surface area contributed by atoms with Crippen molar-refractivity contribution in [3.8, 4) is 0 Å². The van der Waals surface area contributed by atoms with E-state index in [4.69, 9.17) is 5.11 Å². The number of rotatable bonds is 9. The molecule has 2 amide bonds. The van der Waals surface area contributed by atoms with Crippen molar-refractivity contribution in [2.24, 2.45) is 5.92 Å². The lowest BCUT2D eigenvalue weighted by molar-refractivity contribution is -0.142. The minimum atomic E-state index is -0.940. The van der Waals surface area contributed by atoms with Crippen LogP contribution in [0.5, 0.6) is 0 Å². The second kappa shape index (κ2) is 8.90. The molecule has 0 aliphatic heterocycles. The average molecular weight is 280 g/mol. The van der Waals surface area contributed by atoms with Crippen LogP contribution in [-0.2, 0) is 14.4 Å². The van der Waals surface area contributed by atoms with Gasteiger partial charge in [-0.2, -0.15) is 0 Å². The highest BCUT2D eigenvalue weighted by Crippen LogP contribution is 2.13. The first-order valence-corrected chi connectivity index (χ1v) is 6.69. The minimum Gasteiger partial charge on any atom is -0.481 e. The molecule has 0 fully saturated rings. The molecule has 1 unspecified atom stereocenters. The predicted molar refractivity (Wildman–Crippen MR) is 73.6 cm³/mol. The van der Waals surface area contributed by atoms with Crippen LogP contribution in [0.2, 0.25) is 0 Å². The second-order valence-electron chi connectivity index (χ2n) is 4.64. The van der Waals surface area contributed by atoms with Gasteiger partial charge in [-0.05, 0) is 31.8 Å². The van der Waals surface area contributed by atoms with Crippen LogP contribution in [0.1, 0.15) is 32.1 Å². The molecule has 0 saturated carbocycles. The highest BCUT2D eigenvalue weighted by Gasteiger charge is 2.18. The summed E-state index contributed by atoms with van der Waals surface area (Å²) in [4.78, 5) is 32.9. The third kappa shape index (κ3) is 6.17. The summed E-state index contributed by atoms with van der Waals surface area (Å²) in [7, 11) is 0. The van der Waals surface area contributed by atoms with E-state index in [1.807, 2.05) is 18.2 Å². The Morgan fingerprint density at radius 2 is 2.20 bits per heavy atom. The molecule has 0 aromatic rings. The van der Waals surface area contributed by atoms with E-state index in [1.54, 1.807) is 0 Å². The molecule has 3 N–H and O–H groups in total. The average Bonchev–Trinajstić information content (AvgIpc) is 2.43. The molecule has 0 saturated heterocycles. The fraction of sp³-hybridized carbons (Fsp3) is 0.500.